The monoisotopic (exact) mass is 207 g/mol. The molecule has 0 amide bonds. The quantitative estimate of drug-likeness (QED) is 0.782. The molecule has 6 heteroatoms. The van der Waals surface area contributed by atoms with Gasteiger partial charge in [0.15, 0.2) is 0 Å². The molecule has 0 aliphatic heterocycles. The lowest BCUT2D eigenvalue weighted by molar-refractivity contribution is 0.531. The van der Waals surface area contributed by atoms with Crippen LogP contribution < -0.4 is 10.6 Å². The summed E-state index contributed by atoms with van der Waals surface area (Å²) in [6.07, 6.45) is 1.72. The van der Waals surface area contributed by atoms with Gasteiger partial charge in [0, 0.05) is 19.2 Å². The molecule has 2 heterocycles. The van der Waals surface area contributed by atoms with Crippen LogP contribution in [0.15, 0.2) is 16.7 Å². The van der Waals surface area contributed by atoms with Crippen LogP contribution >= 0.6 is 0 Å². The van der Waals surface area contributed by atoms with Gasteiger partial charge in [0.1, 0.15) is 5.76 Å². The second-order valence-corrected chi connectivity index (χ2v) is 3.44. The molecule has 6 nitrogen and oxygen atoms in total. The van der Waals surface area contributed by atoms with E-state index >= 15 is 0 Å². The summed E-state index contributed by atoms with van der Waals surface area (Å²) >= 11 is 0. The molecule has 0 saturated carbocycles. The van der Waals surface area contributed by atoms with Crippen LogP contribution in [0.5, 0.6) is 0 Å². The number of nitrogens with one attached hydrogen (secondary N) is 1. The van der Waals surface area contributed by atoms with Crippen molar-refractivity contribution in [2.24, 2.45) is 0 Å². The maximum Gasteiger partial charge on any atom is 0.246 e. The molecule has 0 saturated heterocycles. The molecular weight excluding hydrogens is 194 g/mol. The summed E-state index contributed by atoms with van der Waals surface area (Å²) in [5.74, 6) is 1.79. The highest BCUT2D eigenvalue weighted by Crippen LogP contribution is 2.12. The molecule has 0 bridgehead atoms. The zero-order valence-electron chi connectivity index (χ0n) is 8.69. The fourth-order valence-electron chi connectivity index (χ4n) is 1.36. The fraction of sp³-hybridized carbons (Fsp3) is 0.333. The SMILES string of the molecule is Cc1cc(CN(C)c2n[nH]c(N)n2)co1. The number of furan rings is 1. The van der Waals surface area contributed by atoms with Crippen LogP contribution in [-0.4, -0.2) is 22.2 Å². The average molecular weight is 207 g/mol. The summed E-state index contributed by atoms with van der Waals surface area (Å²) < 4.78 is 5.21. The van der Waals surface area contributed by atoms with Gasteiger partial charge in [-0.25, -0.2) is 5.10 Å². The Kier molecular flexibility index (Phi) is 2.32. The predicted octanol–water partition coefficient (Wildman–Crippen LogP) is 0.925. The summed E-state index contributed by atoms with van der Waals surface area (Å²) in [6.45, 7) is 2.60. The van der Waals surface area contributed by atoms with Crippen LogP contribution in [0.3, 0.4) is 0 Å². The van der Waals surface area contributed by atoms with Crippen LogP contribution in [0, 0.1) is 6.92 Å². The first kappa shape index (κ1) is 9.57. The van der Waals surface area contributed by atoms with Gasteiger partial charge in [0.2, 0.25) is 11.9 Å². The molecule has 0 radical (unpaired) electrons. The van der Waals surface area contributed by atoms with Gasteiger partial charge < -0.3 is 15.1 Å². The Morgan fingerprint density at radius 3 is 2.93 bits per heavy atom. The molecule has 80 valence electrons. The Hall–Kier alpha value is -1.98. The van der Waals surface area contributed by atoms with Gasteiger partial charge in [0.25, 0.3) is 0 Å². The molecule has 2 rings (SSSR count). The van der Waals surface area contributed by atoms with Crippen LogP contribution in [-0.2, 0) is 6.54 Å². The zero-order valence-corrected chi connectivity index (χ0v) is 8.69. The summed E-state index contributed by atoms with van der Waals surface area (Å²) in [7, 11) is 1.89. The highest BCUT2D eigenvalue weighted by Gasteiger charge is 2.08. The third-order valence-corrected chi connectivity index (χ3v) is 2.04. The van der Waals surface area contributed by atoms with Crippen molar-refractivity contribution in [1.29, 1.82) is 0 Å². The van der Waals surface area contributed by atoms with E-state index in [9.17, 15) is 0 Å². The minimum absolute atomic E-state index is 0.320. The lowest BCUT2D eigenvalue weighted by atomic mass is 10.3. The Balaban J connectivity index is 2.06. The first-order chi connectivity index (χ1) is 7.15. The predicted molar refractivity (Wildman–Crippen MR) is 56.3 cm³/mol. The number of aromatic nitrogens is 3. The minimum atomic E-state index is 0.320. The van der Waals surface area contributed by atoms with Crippen molar-refractivity contribution in [2.75, 3.05) is 17.7 Å². The molecule has 0 aliphatic rings. The second kappa shape index (κ2) is 3.64. The van der Waals surface area contributed by atoms with Crippen molar-refractivity contribution < 1.29 is 4.42 Å². The third-order valence-electron chi connectivity index (χ3n) is 2.04. The van der Waals surface area contributed by atoms with Gasteiger partial charge in [-0.1, -0.05) is 0 Å². The van der Waals surface area contributed by atoms with Crippen molar-refractivity contribution in [2.45, 2.75) is 13.5 Å². The van der Waals surface area contributed by atoms with Crippen LogP contribution in [0.25, 0.3) is 0 Å². The molecule has 0 aromatic carbocycles. The van der Waals surface area contributed by atoms with Gasteiger partial charge in [-0.2, -0.15) is 4.98 Å². The Bertz CT molecular complexity index is 447. The molecular formula is C9H13N5O. The number of H-pyrrole nitrogens is 1. The standard InChI is InChI=1S/C9H13N5O/c1-6-3-7(5-15-6)4-14(2)9-11-8(10)12-13-9/h3,5H,4H2,1-2H3,(H3,10,11,12,13). The Morgan fingerprint density at radius 2 is 2.40 bits per heavy atom. The van der Waals surface area contributed by atoms with Gasteiger partial charge >= 0.3 is 0 Å². The summed E-state index contributed by atoms with van der Waals surface area (Å²) in [5.41, 5.74) is 6.52. The molecule has 3 N–H and O–H groups in total. The lowest BCUT2D eigenvalue weighted by Gasteiger charge is -2.12. The number of hydrogen-bond acceptors (Lipinski definition) is 5. The van der Waals surface area contributed by atoms with Crippen LogP contribution in [0.1, 0.15) is 11.3 Å². The van der Waals surface area contributed by atoms with E-state index in [1.807, 2.05) is 24.9 Å². The molecule has 0 atom stereocenters. The number of nitrogens with two attached hydrogens (primary N) is 1. The minimum Gasteiger partial charge on any atom is -0.469 e. The zero-order chi connectivity index (χ0) is 10.8. The van der Waals surface area contributed by atoms with E-state index < -0.39 is 0 Å². The number of aromatic amines is 1. The maximum atomic E-state index is 5.44. The van der Waals surface area contributed by atoms with Crippen molar-refractivity contribution in [1.82, 2.24) is 15.2 Å². The Morgan fingerprint density at radius 1 is 1.60 bits per heavy atom. The smallest absolute Gasteiger partial charge is 0.246 e. The van der Waals surface area contributed by atoms with Crippen molar-refractivity contribution in [3.8, 4) is 0 Å². The summed E-state index contributed by atoms with van der Waals surface area (Å²) in [6, 6.07) is 1.98. The van der Waals surface area contributed by atoms with Gasteiger partial charge in [-0.3, -0.25) is 0 Å². The van der Waals surface area contributed by atoms with E-state index in [4.69, 9.17) is 10.2 Å². The summed E-state index contributed by atoms with van der Waals surface area (Å²) in [5, 5.41) is 6.54. The van der Waals surface area contributed by atoms with Crippen molar-refractivity contribution >= 4 is 11.9 Å². The highest BCUT2D eigenvalue weighted by atomic mass is 16.3. The number of nitrogens with zero attached hydrogens (tertiary/aromatic N) is 3. The van der Waals surface area contributed by atoms with Gasteiger partial charge in [-0.15, -0.1) is 5.10 Å². The van der Waals surface area contributed by atoms with Crippen LogP contribution in [0.4, 0.5) is 11.9 Å². The highest BCUT2D eigenvalue weighted by molar-refractivity contribution is 5.34. The Labute approximate surface area is 87.1 Å². The van der Waals surface area contributed by atoms with Crippen molar-refractivity contribution in [3.05, 3.63) is 23.7 Å². The maximum absolute atomic E-state index is 5.44. The topological polar surface area (TPSA) is 84.0 Å². The first-order valence-electron chi connectivity index (χ1n) is 4.58. The van der Waals surface area contributed by atoms with Gasteiger partial charge in [0.05, 0.1) is 6.26 Å². The normalized spacial score (nSPS) is 10.5. The van der Waals surface area contributed by atoms with E-state index in [1.165, 1.54) is 0 Å². The molecule has 0 fully saturated rings. The number of nitrogen functional groups attached to an aromatic ring is 1. The first-order valence-corrected chi connectivity index (χ1v) is 4.58. The van der Waals surface area contributed by atoms with E-state index in [1.54, 1.807) is 6.26 Å². The molecule has 2 aromatic heterocycles. The number of hydrogen-bond donors (Lipinski definition) is 2. The second-order valence-electron chi connectivity index (χ2n) is 3.44. The largest absolute Gasteiger partial charge is 0.469 e. The van der Waals surface area contributed by atoms with E-state index in [2.05, 4.69) is 15.2 Å². The van der Waals surface area contributed by atoms with E-state index in [0.717, 1.165) is 11.3 Å². The van der Waals surface area contributed by atoms with E-state index in [-0.39, 0.29) is 0 Å². The molecule has 0 spiro atoms. The molecule has 2 aromatic rings. The molecule has 0 unspecified atom stereocenters. The third kappa shape index (κ3) is 2.09. The molecule has 15 heavy (non-hydrogen) atoms. The summed E-state index contributed by atoms with van der Waals surface area (Å²) in [4.78, 5) is 5.91. The molecule has 0 aliphatic carbocycles. The van der Waals surface area contributed by atoms with Gasteiger partial charge in [-0.05, 0) is 13.0 Å². The van der Waals surface area contributed by atoms with Crippen molar-refractivity contribution in [3.63, 3.8) is 0 Å². The number of rotatable bonds is 3. The lowest BCUT2D eigenvalue weighted by Crippen LogP contribution is -2.17. The number of anilines is 2. The number of aryl methyl sites for hydroxylation is 1. The van der Waals surface area contributed by atoms with Crippen LogP contribution in [0.2, 0.25) is 0 Å². The average Bonchev–Trinajstić information content (AvgIpc) is 2.75. The van der Waals surface area contributed by atoms with E-state index in [0.29, 0.717) is 18.4 Å². The fourth-order valence-corrected chi connectivity index (χ4v) is 1.36.